The van der Waals surface area contributed by atoms with Crippen molar-refractivity contribution in [2.75, 3.05) is 30.1 Å². The summed E-state index contributed by atoms with van der Waals surface area (Å²) >= 11 is 11.8. The lowest BCUT2D eigenvalue weighted by atomic mass is 10.1. The number of carbonyl (C=O) groups is 2. The van der Waals surface area contributed by atoms with Crippen LogP contribution < -0.4 is 25.0 Å². The summed E-state index contributed by atoms with van der Waals surface area (Å²) in [6, 6.07) is 9.90. The average Bonchev–Trinajstić information content (AvgIpc) is 3.28. The van der Waals surface area contributed by atoms with Crippen molar-refractivity contribution in [3.63, 3.8) is 0 Å². The van der Waals surface area contributed by atoms with Gasteiger partial charge in [0, 0.05) is 42.9 Å². The highest BCUT2D eigenvalue weighted by atomic mass is 35.5. The van der Waals surface area contributed by atoms with Crippen LogP contribution in [0.2, 0.25) is 10.0 Å². The van der Waals surface area contributed by atoms with Crippen molar-refractivity contribution < 1.29 is 19.1 Å². The predicted molar refractivity (Wildman–Crippen MR) is 107 cm³/mol. The van der Waals surface area contributed by atoms with Gasteiger partial charge in [0.15, 0.2) is 11.5 Å². The molecule has 2 aromatic rings. The number of rotatable bonds is 4. The van der Waals surface area contributed by atoms with Crippen LogP contribution >= 0.6 is 23.2 Å². The predicted octanol–water partition coefficient (Wildman–Crippen LogP) is 3.90. The molecule has 0 spiro atoms. The fourth-order valence-electron chi connectivity index (χ4n) is 3.21. The number of amides is 3. The van der Waals surface area contributed by atoms with Crippen LogP contribution in [-0.4, -0.2) is 31.8 Å². The summed E-state index contributed by atoms with van der Waals surface area (Å²) in [6.45, 7) is 1.08. The molecule has 2 aromatic carbocycles. The van der Waals surface area contributed by atoms with Gasteiger partial charge >= 0.3 is 6.03 Å². The second-order valence-electron chi connectivity index (χ2n) is 6.58. The molecular weight excluding hydrogens is 405 g/mol. The second-order valence-corrected chi connectivity index (χ2v) is 7.39. The van der Waals surface area contributed by atoms with Gasteiger partial charge in [-0.2, -0.15) is 0 Å². The number of nitrogens with one attached hydrogen (secondary N) is 2. The number of carbonyl (C=O) groups excluding carboxylic acids is 2. The van der Waals surface area contributed by atoms with E-state index in [9.17, 15) is 9.59 Å². The largest absolute Gasteiger partial charge is 0.454 e. The molecule has 9 heteroatoms. The van der Waals surface area contributed by atoms with E-state index in [1.807, 2.05) is 6.07 Å². The van der Waals surface area contributed by atoms with Crippen LogP contribution in [0.15, 0.2) is 36.4 Å². The molecule has 0 aromatic heterocycles. The lowest BCUT2D eigenvalue weighted by molar-refractivity contribution is -0.117. The van der Waals surface area contributed by atoms with Gasteiger partial charge in [-0.3, -0.25) is 4.79 Å². The number of ether oxygens (including phenoxy) is 2. The molecule has 1 saturated heterocycles. The Morgan fingerprint density at radius 2 is 1.93 bits per heavy atom. The maximum Gasteiger partial charge on any atom is 0.319 e. The van der Waals surface area contributed by atoms with Gasteiger partial charge in [0.1, 0.15) is 0 Å². The Labute approximate surface area is 171 Å². The van der Waals surface area contributed by atoms with E-state index < -0.39 is 0 Å². The van der Waals surface area contributed by atoms with Crippen molar-refractivity contribution in [1.82, 2.24) is 5.32 Å². The molecule has 4 rings (SSSR count). The summed E-state index contributed by atoms with van der Waals surface area (Å²) < 4.78 is 10.7. The minimum Gasteiger partial charge on any atom is -0.454 e. The summed E-state index contributed by atoms with van der Waals surface area (Å²) in [4.78, 5) is 26.2. The van der Waals surface area contributed by atoms with Crippen molar-refractivity contribution >= 4 is 46.5 Å². The van der Waals surface area contributed by atoms with Gasteiger partial charge in [0.2, 0.25) is 12.7 Å². The van der Waals surface area contributed by atoms with Crippen molar-refractivity contribution in [3.05, 3.63) is 46.4 Å². The quantitative estimate of drug-likeness (QED) is 0.784. The van der Waals surface area contributed by atoms with Crippen LogP contribution in [-0.2, 0) is 4.79 Å². The van der Waals surface area contributed by atoms with Gasteiger partial charge < -0.3 is 25.0 Å². The topological polar surface area (TPSA) is 79.9 Å². The number of hydrogen-bond donors (Lipinski definition) is 2. The molecule has 2 N–H and O–H groups in total. The maximum absolute atomic E-state index is 12.4. The average molecular weight is 422 g/mol. The standard InChI is InChI=1S/C19H17Cl2N3O4/c20-14-3-1-12(6-15(14)21)23-19(26)22-8-11-5-18(25)24(9-11)13-2-4-16-17(7-13)28-10-27-16/h1-4,6-7,11H,5,8-10H2,(H2,22,23,26). The molecule has 1 unspecified atom stereocenters. The minimum atomic E-state index is -0.368. The third kappa shape index (κ3) is 3.95. The molecule has 2 aliphatic heterocycles. The number of urea groups is 1. The van der Waals surface area contributed by atoms with Crippen LogP contribution in [0.25, 0.3) is 0 Å². The maximum atomic E-state index is 12.4. The second kappa shape index (κ2) is 7.77. The van der Waals surface area contributed by atoms with E-state index in [2.05, 4.69) is 10.6 Å². The number of nitrogens with zero attached hydrogens (tertiary/aromatic N) is 1. The molecule has 2 aliphatic rings. The Morgan fingerprint density at radius 3 is 2.75 bits per heavy atom. The number of fused-ring (bicyclic) bond motifs is 1. The molecule has 28 heavy (non-hydrogen) atoms. The van der Waals surface area contributed by atoms with Gasteiger partial charge in [-0.25, -0.2) is 4.79 Å². The lowest BCUT2D eigenvalue weighted by Crippen LogP contribution is -2.34. The highest BCUT2D eigenvalue weighted by molar-refractivity contribution is 6.42. The zero-order valence-electron chi connectivity index (χ0n) is 14.7. The SMILES string of the molecule is O=C(NCC1CC(=O)N(c2ccc3c(c2)OCO3)C1)Nc1ccc(Cl)c(Cl)c1. The van der Waals surface area contributed by atoms with Crippen LogP contribution in [0.5, 0.6) is 11.5 Å². The Balaban J connectivity index is 1.32. The fourth-order valence-corrected chi connectivity index (χ4v) is 3.51. The van der Waals surface area contributed by atoms with E-state index in [4.69, 9.17) is 32.7 Å². The first kappa shape index (κ1) is 18.7. The Morgan fingerprint density at radius 1 is 1.11 bits per heavy atom. The molecule has 0 aliphatic carbocycles. The number of benzene rings is 2. The Bertz CT molecular complexity index is 937. The van der Waals surface area contributed by atoms with Crippen molar-refractivity contribution in [1.29, 1.82) is 0 Å². The summed E-state index contributed by atoms with van der Waals surface area (Å²) in [5.41, 5.74) is 1.30. The van der Waals surface area contributed by atoms with E-state index >= 15 is 0 Å². The molecule has 2 heterocycles. The molecule has 3 amide bonds. The molecule has 0 radical (unpaired) electrons. The van der Waals surface area contributed by atoms with Gasteiger partial charge in [-0.05, 0) is 30.3 Å². The highest BCUT2D eigenvalue weighted by Gasteiger charge is 2.31. The molecule has 146 valence electrons. The molecular formula is C19H17Cl2N3O4. The van der Waals surface area contributed by atoms with E-state index in [-0.39, 0.29) is 24.6 Å². The number of halogens is 2. The van der Waals surface area contributed by atoms with Crippen LogP contribution in [0.3, 0.4) is 0 Å². The monoisotopic (exact) mass is 421 g/mol. The van der Waals surface area contributed by atoms with Gasteiger partial charge in [-0.15, -0.1) is 0 Å². The van der Waals surface area contributed by atoms with E-state index in [1.165, 1.54) is 0 Å². The van der Waals surface area contributed by atoms with Crippen LogP contribution in [0.1, 0.15) is 6.42 Å². The normalized spacial score (nSPS) is 17.7. The summed E-state index contributed by atoms with van der Waals surface area (Å²) in [5.74, 6) is 1.33. The Kier molecular flexibility index (Phi) is 5.19. The van der Waals surface area contributed by atoms with Gasteiger partial charge in [0.25, 0.3) is 0 Å². The summed E-state index contributed by atoms with van der Waals surface area (Å²) in [7, 11) is 0. The zero-order chi connectivity index (χ0) is 19.7. The third-order valence-corrected chi connectivity index (χ3v) is 5.34. The molecule has 7 nitrogen and oxygen atoms in total. The van der Waals surface area contributed by atoms with Gasteiger partial charge in [-0.1, -0.05) is 23.2 Å². The zero-order valence-corrected chi connectivity index (χ0v) is 16.2. The van der Waals surface area contributed by atoms with Crippen molar-refractivity contribution in [2.24, 2.45) is 5.92 Å². The van der Waals surface area contributed by atoms with Crippen LogP contribution in [0.4, 0.5) is 16.2 Å². The van der Waals surface area contributed by atoms with Crippen LogP contribution in [0, 0.1) is 5.92 Å². The number of anilines is 2. The third-order valence-electron chi connectivity index (χ3n) is 4.60. The van der Waals surface area contributed by atoms with Crippen molar-refractivity contribution in [3.8, 4) is 11.5 Å². The lowest BCUT2D eigenvalue weighted by Gasteiger charge is -2.17. The van der Waals surface area contributed by atoms with Crippen molar-refractivity contribution in [2.45, 2.75) is 6.42 Å². The molecule has 1 fully saturated rings. The van der Waals surface area contributed by atoms with Gasteiger partial charge in [0.05, 0.1) is 10.0 Å². The number of hydrogen-bond acceptors (Lipinski definition) is 4. The van der Waals surface area contributed by atoms with E-state index in [1.54, 1.807) is 35.2 Å². The highest BCUT2D eigenvalue weighted by Crippen LogP contribution is 2.37. The smallest absolute Gasteiger partial charge is 0.319 e. The summed E-state index contributed by atoms with van der Waals surface area (Å²) in [6.07, 6.45) is 0.363. The first-order valence-electron chi connectivity index (χ1n) is 8.69. The van der Waals surface area contributed by atoms with E-state index in [0.29, 0.717) is 46.7 Å². The molecule has 1 atom stereocenters. The summed E-state index contributed by atoms with van der Waals surface area (Å²) in [5, 5.41) is 6.26. The fraction of sp³-hybridized carbons (Fsp3) is 0.263. The molecule has 0 bridgehead atoms. The first-order chi connectivity index (χ1) is 13.5. The first-order valence-corrected chi connectivity index (χ1v) is 9.45. The molecule has 0 saturated carbocycles. The van der Waals surface area contributed by atoms with E-state index in [0.717, 1.165) is 5.69 Å². The minimum absolute atomic E-state index is 0.00977. The Hall–Kier alpha value is -2.64.